The van der Waals surface area contributed by atoms with Gasteiger partial charge in [0, 0.05) is 17.4 Å². The summed E-state index contributed by atoms with van der Waals surface area (Å²) < 4.78 is 5.71. The van der Waals surface area contributed by atoms with Gasteiger partial charge in [0.1, 0.15) is 0 Å². The third-order valence-electron chi connectivity index (χ3n) is 2.30. The Kier molecular flexibility index (Phi) is 3.93. The number of ether oxygens (including phenoxy) is 1. The highest BCUT2D eigenvalue weighted by molar-refractivity contribution is 7.16. The number of hydrogen-bond donors (Lipinski definition) is 1. The van der Waals surface area contributed by atoms with Crippen molar-refractivity contribution in [3.63, 3.8) is 0 Å². The van der Waals surface area contributed by atoms with Crippen molar-refractivity contribution in [3.05, 3.63) is 39.2 Å². The van der Waals surface area contributed by atoms with E-state index < -0.39 is 0 Å². The van der Waals surface area contributed by atoms with Crippen molar-refractivity contribution in [2.24, 2.45) is 5.73 Å². The first-order valence-electron chi connectivity index (χ1n) is 5.06. The molecule has 2 aromatic heterocycles. The normalized spacial score (nSPS) is 12.4. The third kappa shape index (κ3) is 3.15. The van der Waals surface area contributed by atoms with E-state index in [-0.39, 0.29) is 6.04 Å². The molecule has 0 saturated carbocycles. The Morgan fingerprint density at radius 1 is 1.35 bits per heavy atom. The number of hydrogen-bond acceptors (Lipinski definition) is 5. The molecule has 90 valence electrons. The Bertz CT molecular complexity index is 486. The first kappa shape index (κ1) is 12.3. The highest BCUT2D eigenvalue weighted by Crippen LogP contribution is 2.25. The van der Waals surface area contributed by atoms with E-state index >= 15 is 0 Å². The van der Waals surface area contributed by atoms with Gasteiger partial charge in [0.2, 0.25) is 5.88 Å². The highest BCUT2D eigenvalue weighted by atomic mass is 35.5. The van der Waals surface area contributed by atoms with E-state index in [2.05, 4.69) is 10.2 Å². The maximum absolute atomic E-state index is 6.05. The SMILES string of the molecule is COc1ccc(C(N)Cc2ccc(Cl)s2)nn1. The summed E-state index contributed by atoms with van der Waals surface area (Å²) in [6.07, 6.45) is 0.707. The molecule has 0 bridgehead atoms. The van der Waals surface area contributed by atoms with E-state index in [4.69, 9.17) is 22.1 Å². The summed E-state index contributed by atoms with van der Waals surface area (Å²) >= 11 is 7.39. The number of rotatable bonds is 4. The molecule has 0 aliphatic carbocycles. The second-order valence-electron chi connectivity index (χ2n) is 3.52. The Balaban J connectivity index is 2.06. The molecular weight excluding hydrogens is 258 g/mol. The Morgan fingerprint density at radius 2 is 2.18 bits per heavy atom. The Morgan fingerprint density at radius 3 is 2.71 bits per heavy atom. The van der Waals surface area contributed by atoms with Gasteiger partial charge in [-0.2, -0.15) is 5.10 Å². The first-order chi connectivity index (χ1) is 8.19. The van der Waals surface area contributed by atoms with Crippen molar-refractivity contribution in [3.8, 4) is 5.88 Å². The standard InChI is InChI=1S/C11H12ClN3OS/c1-16-11-5-3-9(14-15-11)8(13)6-7-2-4-10(12)17-7/h2-5,8H,6,13H2,1H3. The van der Waals surface area contributed by atoms with Gasteiger partial charge in [-0.1, -0.05) is 11.6 Å². The molecule has 0 aromatic carbocycles. The van der Waals surface area contributed by atoms with Crippen LogP contribution in [0.4, 0.5) is 0 Å². The van der Waals surface area contributed by atoms with Crippen LogP contribution in [0, 0.1) is 0 Å². The van der Waals surface area contributed by atoms with Crippen molar-refractivity contribution in [1.82, 2.24) is 10.2 Å². The molecule has 6 heteroatoms. The molecule has 17 heavy (non-hydrogen) atoms. The number of methoxy groups -OCH3 is 1. The van der Waals surface area contributed by atoms with Crippen LogP contribution in [0.5, 0.6) is 5.88 Å². The van der Waals surface area contributed by atoms with Gasteiger partial charge in [0.15, 0.2) is 0 Å². The van der Waals surface area contributed by atoms with E-state index in [1.54, 1.807) is 13.2 Å². The summed E-state index contributed by atoms with van der Waals surface area (Å²) in [7, 11) is 1.55. The van der Waals surface area contributed by atoms with Crippen molar-refractivity contribution in [1.29, 1.82) is 0 Å². The van der Waals surface area contributed by atoms with Gasteiger partial charge in [-0.05, 0) is 18.2 Å². The summed E-state index contributed by atoms with van der Waals surface area (Å²) in [5.41, 5.74) is 6.79. The predicted octanol–water partition coefficient (Wildman–Crippen LogP) is 2.44. The summed E-state index contributed by atoms with van der Waals surface area (Å²) in [6, 6.07) is 7.25. The van der Waals surface area contributed by atoms with E-state index in [1.807, 2.05) is 18.2 Å². The number of thiophene rings is 1. The lowest BCUT2D eigenvalue weighted by Crippen LogP contribution is -2.15. The lowest BCUT2D eigenvalue weighted by atomic mass is 10.1. The van der Waals surface area contributed by atoms with Crippen molar-refractivity contribution in [2.45, 2.75) is 12.5 Å². The van der Waals surface area contributed by atoms with Gasteiger partial charge in [0.25, 0.3) is 0 Å². The Labute approximate surface area is 108 Å². The molecule has 4 nitrogen and oxygen atoms in total. The van der Waals surface area contributed by atoms with Crippen LogP contribution in [-0.2, 0) is 6.42 Å². The Hall–Kier alpha value is -1.17. The summed E-state index contributed by atoms with van der Waals surface area (Å²) in [5.74, 6) is 0.486. The van der Waals surface area contributed by atoms with E-state index in [0.29, 0.717) is 12.3 Å². The van der Waals surface area contributed by atoms with Crippen LogP contribution in [0.1, 0.15) is 16.6 Å². The minimum Gasteiger partial charge on any atom is -0.480 e. The minimum atomic E-state index is -0.178. The molecular formula is C11H12ClN3OS. The quantitative estimate of drug-likeness (QED) is 0.926. The maximum atomic E-state index is 6.05. The van der Waals surface area contributed by atoms with E-state index in [9.17, 15) is 0 Å². The molecule has 2 rings (SSSR count). The summed E-state index contributed by atoms with van der Waals surface area (Å²) in [5, 5.41) is 7.91. The summed E-state index contributed by atoms with van der Waals surface area (Å²) in [4.78, 5) is 1.14. The zero-order valence-corrected chi connectivity index (χ0v) is 10.8. The van der Waals surface area contributed by atoms with Crippen LogP contribution in [0.15, 0.2) is 24.3 Å². The third-order valence-corrected chi connectivity index (χ3v) is 3.55. The van der Waals surface area contributed by atoms with E-state index in [1.165, 1.54) is 11.3 Å². The minimum absolute atomic E-state index is 0.178. The van der Waals surface area contributed by atoms with Crippen LogP contribution < -0.4 is 10.5 Å². The second kappa shape index (κ2) is 5.44. The van der Waals surface area contributed by atoms with Gasteiger partial charge >= 0.3 is 0 Å². The molecule has 2 aromatic rings. The zero-order valence-electron chi connectivity index (χ0n) is 9.26. The maximum Gasteiger partial charge on any atom is 0.233 e. The molecule has 0 aliphatic rings. The number of aromatic nitrogens is 2. The number of nitrogens with two attached hydrogens (primary N) is 1. The van der Waals surface area contributed by atoms with Crippen molar-refractivity contribution >= 4 is 22.9 Å². The van der Waals surface area contributed by atoms with Crippen molar-refractivity contribution in [2.75, 3.05) is 7.11 Å². The first-order valence-corrected chi connectivity index (χ1v) is 6.26. The molecule has 0 fully saturated rings. The second-order valence-corrected chi connectivity index (χ2v) is 5.32. The van der Waals surface area contributed by atoms with Gasteiger partial charge < -0.3 is 10.5 Å². The topological polar surface area (TPSA) is 61.0 Å². The largest absolute Gasteiger partial charge is 0.480 e. The molecule has 1 atom stereocenters. The van der Waals surface area contributed by atoms with Gasteiger partial charge in [-0.3, -0.25) is 0 Å². The summed E-state index contributed by atoms with van der Waals surface area (Å²) in [6.45, 7) is 0. The fourth-order valence-corrected chi connectivity index (χ4v) is 2.57. The van der Waals surface area contributed by atoms with Crippen LogP contribution >= 0.6 is 22.9 Å². The van der Waals surface area contributed by atoms with Crippen LogP contribution in [0.3, 0.4) is 0 Å². The van der Waals surface area contributed by atoms with Gasteiger partial charge in [0.05, 0.1) is 23.2 Å². The molecule has 0 radical (unpaired) electrons. The van der Waals surface area contributed by atoms with Gasteiger partial charge in [-0.15, -0.1) is 16.4 Å². The van der Waals surface area contributed by atoms with Crippen LogP contribution in [-0.4, -0.2) is 17.3 Å². The van der Waals surface area contributed by atoms with Crippen molar-refractivity contribution < 1.29 is 4.74 Å². The lowest BCUT2D eigenvalue weighted by Gasteiger charge is -2.09. The smallest absolute Gasteiger partial charge is 0.233 e. The molecule has 0 saturated heterocycles. The average Bonchev–Trinajstić information content (AvgIpc) is 2.75. The fourth-order valence-electron chi connectivity index (χ4n) is 1.42. The molecule has 2 heterocycles. The number of nitrogens with zero attached hydrogens (tertiary/aromatic N) is 2. The fraction of sp³-hybridized carbons (Fsp3) is 0.273. The zero-order chi connectivity index (χ0) is 12.3. The average molecular weight is 270 g/mol. The predicted molar refractivity (Wildman–Crippen MR) is 68.5 cm³/mol. The van der Waals surface area contributed by atoms with E-state index in [0.717, 1.165) is 14.9 Å². The molecule has 0 spiro atoms. The monoisotopic (exact) mass is 269 g/mol. The molecule has 0 aliphatic heterocycles. The van der Waals surface area contributed by atoms with Gasteiger partial charge in [-0.25, -0.2) is 0 Å². The number of halogens is 1. The molecule has 0 amide bonds. The molecule has 2 N–H and O–H groups in total. The lowest BCUT2D eigenvalue weighted by molar-refractivity contribution is 0.390. The van der Waals surface area contributed by atoms with Crippen LogP contribution in [0.25, 0.3) is 0 Å². The molecule has 1 unspecified atom stereocenters. The van der Waals surface area contributed by atoms with Crippen LogP contribution in [0.2, 0.25) is 4.34 Å². The highest BCUT2D eigenvalue weighted by Gasteiger charge is 2.11.